The minimum absolute atomic E-state index is 0.0196. The molecule has 0 amide bonds. The molecule has 1 atom stereocenters. The molecule has 1 aromatic carbocycles. The topological polar surface area (TPSA) is 21.3 Å². The second-order valence-corrected chi connectivity index (χ2v) is 4.03. The number of rotatable bonds is 6. The lowest BCUT2D eigenvalue weighted by molar-refractivity contribution is 0.189. The normalized spacial score (nSPS) is 12.8. The third kappa shape index (κ3) is 3.44. The summed E-state index contributed by atoms with van der Waals surface area (Å²) >= 11 is 5.75. The van der Waals surface area contributed by atoms with Crippen LogP contribution in [0.1, 0.15) is 24.4 Å². The van der Waals surface area contributed by atoms with Gasteiger partial charge in [0.25, 0.3) is 0 Å². The van der Waals surface area contributed by atoms with Crippen molar-refractivity contribution in [3.63, 3.8) is 0 Å². The molecule has 1 N–H and O–H groups in total. The highest BCUT2D eigenvalue weighted by atomic mass is 35.5. The van der Waals surface area contributed by atoms with Crippen LogP contribution in [0.15, 0.2) is 18.2 Å². The highest BCUT2D eigenvalue weighted by Gasteiger charge is 2.15. The summed E-state index contributed by atoms with van der Waals surface area (Å²) < 4.78 is 18.7. The van der Waals surface area contributed by atoms with Gasteiger partial charge in [0.2, 0.25) is 0 Å². The van der Waals surface area contributed by atoms with Crippen LogP contribution in [0.25, 0.3) is 0 Å². The molecule has 4 heteroatoms. The minimum atomic E-state index is -0.332. The van der Waals surface area contributed by atoms with Crippen LogP contribution in [0.2, 0.25) is 5.02 Å². The van der Waals surface area contributed by atoms with Crippen molar-refractivity contribution in [2.45, 2.75) is 18.9 Å². The van der Waals surface area contributed by atoms with Gasteiger partial charge in [0, 0.05) is 25.3 Å². The van der Waals surface area contributed by atoms with E-state index >= 15 is 0 Å². The maximum absolute atomic E-state index is 13.7. The predicted octanol–water partition coefficient (Wildman–Crippen LogP) is 3.17. The Morgan fingerprint density at radius 3 is 2.88 bits per heavy atom. The summed E-state index contributed by atoms with van der Waals surface area (Å²) in [6, 6.07) is 5.06. The third-order valence-corrected chi connectivity index (χ3v) is 2.84. The Balaban J connectivity index is 2.74. The van der Waals surface area contributed by atoms with Gasteiger partial charge in [0.15, 0.2) is 0 Å². The number of ether oxygens (including phenoxy) is 1. The van der Waals surface area contributed by atoms with Gasteiger partial charge in [-0.1, -0.05) is 23.7 Å². The zero-order valence-corrected chi connectivity index (χ0v) is 10.4. The lowest BCUT2D eigenvalue weighted by Crippen LogP contribution is -2.18. The molecule has 0 aliphatic rings. The quantitative estimate of drug-likeness (QED) is 0.778. The average Bonchev–Trinajstić information content (AvgIpc) is 2.29. The van der Waals surface area contributed by atoms with Crippen LogP contribution >= 0.6 is 11.6 Å². The summed E-state index contributed by atoms with van der Waals surface area (Å²) in [4.78, 5) is 0. The van der Waals surface area contributed by atoms with Crippen molar-refractivity contribution in [1.29, 1.82) is 0 Å². The Labute approximate surface area is 101 Å². The van der Waals surface area contributed by atoms with E-state index in [1.54, 1.807) is 25.3 Å². The number of hydrogen-bond acceptors (Lipinski definition) is 2. The Morgan fingerprint density at radius 2 is 2.25 bits per heavy atom. The summed E-state index contributed by atoms with van der Waals surface area (Å²) in [6.07, 6.45) is 1.70. The molecule has 16 heavy (non-hydrogen) atoms. The van der Waals surface area contributed by atoms with E-state index in [1.165, 1.54) is 0 Å². The number of benzene rings is 1. The lowest BCUT2D eigenvalue weighted by atomic mass is 10.0. The van der Waals surface area contributed by atoms with Gasteiger partial charge in [0.1, 0.15) is 5.82 Å². The molecule has 90 valence electrons. The summed E-state index contributed by atoms with van der Waals surface area (Å²) in [5, 5.41) is 3.26. The molecule has 0 fully saturated rings. The highest BCUT2D eigenvalue weighted by Crippen LogP contribution is 2.25. The van der Waals surface area contributed by atoms with Crippen molar-refractivity contribution in [2.75, 3.05) is 20.8 Å². The lowest BCUT2D eigenvalue weighted by Gasteiger charge is -2.17. The molecule has 0 spiro atoms. The predicted molar refractivity (Wildman–Crippen MR) is 64.3 cm³/mol. The molecule has 0 saturated carbocycles. The van der Waals surface area contributed by atoms with Gasteiger partial charge in [-0.25, -0.2) is 4.39 Å². The summed E-state index contributed by atoms with van der Waals surface area (Å²) in [5.74, 6) is -0.332. The Bertz CT molecular complexity index is 333. The van der Waals surface area contributed by atoms with E-state index in [4.69, 9.17) is 16.3 Å². The first-order chi connectivity index (χ1) is 7.70. The summed E-state index contributed by atoms with van der Waals surface area (Å²) in [7, 11) is 3.48. The second-order valence-electron chi connectivity index (χ2n) is 3.62. The average molecular weight is 246 g/mol. The molecule has 1 aromatic rings. The van der Waals surface area contributed by atoms with Crippen LogP contribution in [0.4, 0.5) is 4.39 Å². The molecular weight excluding hydrogens is 229 g/mol. The summed E-state index contributed by atoms with van der Waals surface area (Å²) in [6.45, 7) is 0.681. The first-order valence-electron chi connectivity index (χ1n) is 5.30. The number of nitrogens with one attached hydrogen (secondary N) is 1. The largest absolute Gasteiger partial charge is 0.385 e. The first-order valence-corrected chi connectivity index (χ1v) is 5.68. The molecule has 0 heterocycles. The Hall–Kier alpha value is -0.640. The van der Waals surface area contributed by atoms with Crippen molar-refractivity contribution in [3.8, 4) is 0 Å². The molecule has 0 aromatic heterocycles. The molecule has 0 aliphatic heterocycles. The number of hydrogen-bond donors (Lipinski definition) is 1. The van der Waals surface area contributed by atoms with Gasteiger partial charge in [-0.2, -0.15) is 0 Å². The summed E-state index contributed by atoms with van der Waals surface area (Å²) in [5.41, 5.74) is 0.617. The van der Waals surface area contributed by atoms with Crippen LogP contribution in [0.5, 0.6) is 0 Å². The third-order valence-electron chi connectivity index (χ3n) is 2.55. The van der Waals surface area contributed by atoms with Gasteiger partial charge >= 0.3 is 0 Å². The van der Waals surface area contributed by atoms with E-state index in [9.17, 15) is 4.39 Å². The van der Waals surface area contributed by atoms with E-state index < -0.39 is 0 Å². The van der Waals surface area contributed by atoms with E-state index in [-0.39, 0.29) is 16.9 Å². The zero-order chi connectivity index (χ0) is 12.0. The van der Waals surface area contributed by atoms with E-state index in [2.05, 4.69) is 5.32 Å². The first kappa shape index (κ1) is 13.4. The van der Waals surface area contributed by atoms with Crippen LogP contribution in [-0.2, 0) is 4.74 Å². The SMILES string of the molecule is CNC(CCCOC)c1cccc(Cl)c1F. The molecule has 0 aliphatic carbocycles. The van der Waals surface area contributed by atoms with E-state index in [1.807, 2.05) is 7.05 Å². The van der Waals surface area contributed by atoms with E-state index in [0.29, 0.717) is 12.2 Å². The van der Waals surface area contributed by atoms with Crippen LogP contribution in [0, 0.1) is 5.82 Å². The van der Waals surface area contributed by atoms with Crippen molar-refractivity contribution in [2.24, 2.45) is 0 Å². The van der Waals surface area contributed by atoms with Gasteiger partial charge < -0.3 is 10.1 Å². The minimum Gasteiger partial charge on any atom is -0.385 e. The monoisotopic (exact) mass is 245 g/mol. The fraction of sp³-hybridized carbons (Fsp3) is 0.500. The fourth-order valence-corrected chi connectivity index (χ4v) is 1.86. The van der Waals surface area contributed by atoms with Crippen molar-refractivity contribution < 1.29 is 9.13 Å². The van der Waals surface area contributed by atoms with Crippen molar-refractivity contribution >= 4 is 11.6 Å². The maximum Gasteiger partial charge on any atom is 0.146 e. The fourth-order valence-electron chi connectivity index (χ4n) is 1.68. The number of methoxy groups -OCH3 is 1. The number of halogens is 2. The molecule has 0 bridgehead atoms. The van der Waals surface area contributed by atoms with Crippen LogP contribution in [0.3, 0.4) is 0 Å². The standard InChI is InChI=1S/C12H17ClFNO/c1-15-11(7-4-8-16-2)9-5-3-6-10(13)12(9)14/h3,5-6,11,15H,4,7-8H2,1-2H3. The second kappa shape index (κ2) is 6.84. The zero-order valence-electron chi connectivity index (χ0n) is 9.59. The molecule has 0 radical (unpaired) electrons. The molecular formula is C12H17ClFNO. The van der Waals surface area contributed by atoms with Crippen LogP contribution in [-0.4, -0.2) is 20.8 Å². The molecule has 1 rings (SSSR count). The smallest absolute Gasteiger partial charge is 0.146 e. The maximum atomic E-state index is 13.7. The van der Waals surface area contributed by atoms with Crippen molar-refractivity contribution in [1.82, 2.24) is 5.32 Å². The van der Waals surface area contributed by atoms with Crippen molar-refractivity contribution in [3.05, 3.63) is 34.6 Å². The van der Waals surface area contributed by atoms with Gasteiger partial charge in [0.05, 0.1) is 5.02 Å². The molecule has 2 nitrogen and oxygen atoms in total. The Morgan fingerprint density at radius 1 is 1.50 bits per heavy atom. The van der Waals surface area contributed by atoms with Gasteiger partial charge in [-0.05, 0) is 26.0 Å². The van der Waals surface area contributed by atoms with Crippen LogP contribution < -0.4 is 5.32 Å². The van der Waals surface area contributed by atoms with E-state index in [0.717, 1.165) is 12.8 Å². The highest BCUT2D eigenvalue weighted by molar-refractivity contribution is 6.30. The Kier molecular flexibility index (Phi) is 5.74. The molecule has 0 saturated heterocycles. The molecule has 1 unspecified atom stereocenters. The van der Waals surface area contributed by atoms with Gasteiger partial charge in [-0.15, -0.1) is 0 Å². The van der Waals surface area contributed by atoms with Gasteiger partial charge in [-0.3, -0.25) is 0 Å².